The Morgan fingerprint density at radius 1 is 0.733 bits per heavy atom. The van der Waals surface area contributed by atoms with Crippen LogP contribution in [0.15, 0.2) is 0 Å². The standard InChI is InChI=1S/3HNO3.NO.Ru/c3*2-1(3)4;1-2;/h3*(H,2,3,4);;/q;;;-1;+1. The van der Waals surface area contributed by atoms with Crippen LogP contribution in [0.5, 0.6) is 0 Å². The molecule has 0 amide bonds. The van der Waals surface area contributed by atoms with Crippen molar-refractivity contribution < 1.29 is 50.4 Å². The molecule has 0 unspecified atom stereocenters. The normalized spacial score (nSPS) is 5.07. The van der Waals surface area contributed by atoms with Gasteiger partial charge in [-0.2, -0.15) is 0 Å². The number of hydrogen-bond acceptors (Lipinski definition) is 7. The summed E-state index contributed by atoms with van der Waals surface area (Å²) in [4.78, 5) is 32.3. The summed E-state index contributed by atoms with van der Waals surface area (Å²) in [6, 6.07) is 0. The first-order valence-corrected chi connectivity index (χ1v) is 1.88. The molecule has 0 aliphatic carbocycles. The molecule has 0 fully saturated rings. The van der Waals surface area contributed by atoms with Crippen molar-refractivity contribution in [3.05, 3.63) is 40.8 Å². The zero-order valence-corrected chi connectivity index (χ0v) is 8.08. The molecular formula is H3N4O10Ru. The second kappa shape index (κ2) is 29.7. The number of hydrogen-bond donors (Lipinski definition) is 3. The topological polar surface area (TPSA) is 229 Å². The van der Waals surface area contributed by atoms with Gasteiger partial charge in [0, 0.05) is 0 Å². The maximum atomic E-state index is 8.36. The molecule has 0 saturated carbocycles. The van der Waals surface area contributed by atoms with Crippen LogP contribution in [-0.2, 0) is 19.5 Å². The van der Waals surface area contributed by atoms with Gasteiger partial charge < -0.3 is 26.1 Å². The van der Waals surface area contributed by atoms with E-state index < -0.39 is 15.3 Å². The van der Waals surface area contributed by atoms with Crippen LogP contribution < -0.4 is 0 Å². The van der Waals surface area contributed by atoms with Crippen LogP contribution in [0.3, 0.4) is 0 Å². The Balaban J connectivity index is -0.0000000298. The Kier molecular flexibility index (Phi) is 58.1. The average molecular weight is 320 g/mol. The number of nitrogens with zero attached hydrogens (tertiary/aromatic N) is 4. The molecule has 0 aliphatic rings. The van der Waals surface area contributed by atoms with E-state index in [9.17, 15) is 0 Å². The van der Waals surface area contributed by atoms with Crippen molar-refractivity contribution in [1.82, 2.24) is 0 Å². The summed E-state index contributed by atoms with van der Waals surface area (Å²) in [5, 5.41) is 40.9. The third-order valence-electron chi connectivity index (χ3n) is 0. The average Bonchev–Trinajstić information content (AvgIpc) is 1.86. The first-order valence-electron chi connectivity index (χ1n) is 1.88. The Bertz CT molecular complexity index is 126. The second-order valence-electron chi connectivity index (χ2n) is 0.714. The van der Waals surface area contributed by atoms with Gasteiger partial charge >= 0.3 is 19.5 Å². The summed E-state index contributed by atoms with van der Waals surface area (Å²) < 4.78 is 0. The fourth-order valence-electron chi connectivity index (χ4n) is 0. The monoisotopic (exact) mass is 321 g/mol. The van der Waals surface area contributed by atoms with Gasteiger partial charge in [0.05, 0.1) is 0 Å². The predicted octanol–water partition coefficient (Wildman–Crippen LogP) is -0.723. The van der Waals surface area contributed by atoms with Crippen molar-refractivity contribution in [2.75, 3.05) is 0 Å². The fraction of sp³-hybridized carbons (Fsp3) is 0. The molecule has 0 rings (SSSR count). The third-order valence-corrected chi connectivity index (χ3v) is 0. The van der Waals surface area contributed by atoms with Gasteiger partial charge in [0.2, 0.25) is 0 Å². The van der Waals surface area contributed by atoms with Crippen LogP contribution in [0.25, 0.3) is 5.59 Å². The van der Waals surface area contributed by atoms with Gasteiger partial charge in [-0.25, -0.2) is 0 Å². The summed E-state index contributed by atoms with van der Waals surface area (Å²) >= 11 is 0. The first kappa shape index (κ1) is 29.3. The molecule has 0 aromatic heterocycles. The Labute approximate surface area is 92.0 Å². The molecule has 0 spiro atoms. The molecular weight excluding hydrogens is 317 g/mol. The molecule has 1 radical (unpaired) electrons. The van der Waals surface area contributed by atoms with Gasteiger partial charge in [-0.3, -0.25) is 0 Å². The molecule has 0 aromatic carbocycles. The van der Waals surface area contributed by atoms with Crippen molar-refractivity contribution >= 4 is 0 Å². The molecule has 0 heterocycles. The van der Waals surface area contributed by atoms with E-state index >= 15 is 0 Å². The van der Waals surface area contributed by atoms with Crippen LogP contribution in [0.1, 0.15) is 0 Å². The summed E-state index contributed by atoms with van der Waals surface area (Å²) in [5.41, 5.74) is 5.75. The van der Waals surface area contributed by atoms with E-state index in [0.717, 1.165) is 0 Å². The molecule has 15 heavy (non-hydrogen) atoms. The van der Waals surface area contributed by atoms with Crippen LogP contribution in [0, 0.1) is 35.3 Å². The van der Waals surface area contributed by atoms with Crippen molar-refractivity contribution in [1.29, 1.82) is 0 Å². The van der Waals surface area contributed by atoms with Crippen molar-refractivity contribution in [3.8, 4) is 0 Å². The molecule has 15 heteroatoms. The fourth-order valence-corrected chi connectivity index (χ4v) is 0. The summed E-state index contributed by atoms with van der Waals surface area (Å²) in [7, 11) is 0. The van der Waals surface area contributed by atoms with Gasteiger partial charge in [0.25, 0.3) is 15.3 Å². The van der Waals surface area contributed by atoms with Gasteiger partial charge in [0.15, 0.2) is 0 Å². The van der Waals surface area contributed by atoms with Gasteiger partial charge in [0.1, 0.15) is 0 Å². The van der Waals surface area contributed by atoms with E-state index in [0.29, 0.717) is 0 Å². The van der Waals surface area contributed by atoms with Crippen LogP contribution >= 0.6 is 0 Å². The molecule has 14 nitrogen and oxygen atoms in total. The summed E-state index contributed by atoms with van der Waals surface area (Å²) in [6.07, 6.45) is 0. The molecule has 91 valence electrons. The van der Waals surface area contributed by atoms with Crippen LogP contribution in [0.4, 0.5) is 0 Å². The first-order chi connectivity index (χ1) is 6.20. The molecule has 0 saturated heterocycles. The minimum absolute atomic E-state index is 0. The smallest absolute Gasteiger partial charge is 0.577 e. The van der Waals surface area contributed by atoms with Crippen molar-refractivity contribution in [2.45, 2.75) is 0 Å². The van der Waals surface area contributed by atoms with Gasteiger partial charge in [-0.15, -0.1) is 30.3 Å². The number of rotatable bonds is 0. The molecule has 0 bridgehead atoms. The summed E-state index contributed by atoms with van der Waals surface area (Å²) in [5.74, 6) is 0. The molecule has 0 atom stereocenters. The van der Waals surface area contributed by atoms with E-state index in [1.807, 2.05) is 0 Å². The zero-order chi connectivity index (χ0) is 12.7. The Morgan fingerprint density at radius 2 is 0.733 bits per heavy atom. The Hall–Kier alpha value is -2.18. The predicted molar refractivity (Wildman–Crippen MR) is 33.1 cm³/mol. The molecule has 3 N–H and O–H groups in total. The van der Waals surface area contributed by atoms with E-state index in [1.54, 1.807) is 0 Å². The van der Waals surface area contributed by atoms with Crippen LogP contribution in [0.2, 0.25) is 0 Å². The maximum absolute atomic E-state index is 8.36. The van der Waals surface area contributed by atoms with Gasteiger partial charge in [-0.05, 0) is 0 Å². The van der Waals surface area contributed by atoms with Crippen molar-refractivity contribution in [2.24, 2.45) is 0 Å². The minimum Gasteiger partial charge on any atom is -0.577 e. The number of nitroso groups, excluding NO2 is 1. The minimum atomic E-state index is -1.50. The largest absolute Gasteiger partial charge is 1.00 e. The van der Waals surface area contributed by atoms with E-state index in [1.165, 1.54) is 0 Å². The van der Waals surface area contributed by atoms with E-state index in [4.69, 9.17) is 56.5 Å². The second-order valence-corrected chi connectivity index (χ2v) is 0.714. The molecule has 0 aromatic rings. The van der Waals surface area contributed by atoms with E-state index in [-0.39, 0.29) is 19.5 Å². The van der Waals surface area contributed by atoms with Crippen LogP contribution in [-0.4, -0.2) is 30.9 Å². The third kappa shape index (κ3) is 241. The maximum Gasteiger partial charge on any atom is 1.00 e. The Morgan fingerprint density at radius 3 is 0.733 bits per heavy atom. The van der Waals surface area contributed by atoms with Crippen molar-refractivity contribution in [3.63, 3.8) is 0 Å². The quantitative estimate of drug-likeness (QED) is 0.287. The molecule has 0 aliphatic heterocycles. The van der Waals surface area contributed by atoms with Gasteiger partial charge in [-0.1, -0.05) is 0 Å². The van der Waals surface area contributed by atoms with E-state index in [2.05, 4.69) is 0 Å². The zero-order valence-electron chi connectivity index (χ0n) is 6.34. The SMILES string of the molecule is O=[N+]([O-])O.O=[N+]([O-])O.O=[N+]([O-])O.[N-]=O.[Ru+]. The summed E-state index contributed by atoms with van der Waals surface area (Å²) in [6.45, 7) is 0.